The summed E-state index contributed by atoms with van der Waals surface area (Å²) < 4.78 is 0. The quantitative estimate of drug-likeness (QED) is 0.692. The maximum atomic E-state index is 5.13. The number of aromatic nitrogens is 2. The molecule has 1 aromatic carbocycles. The molecule has 5 heteroatoms. The van der Waals surface area contributed by atoms with E-state index in [4.69, 9.17) is 9.97 Å². The normalized spacial score (nSPS) is 18.0. The van der Waals surface area contributed by atoms with Gasteiger partial charge < -0.3 is 9.80 Å². The van der Waals surface area contributed by atoms with Crippen LogP contribution in [0.25, 0.3) is 10.2 Å². The average molecular weight is 379 g/mol. The van der Waals surface area contributed by atoms with Gasteiger partial charge in [0.05, 0.1) is 5.39 Å². The molecule has 27 heavy (non-hydrogen) atoms. The SMILES string of the molecule is CN1CCN(c2nc(Cc3ccccc3)nc3sc4c(c23)CCCC4)CC1. The molecule has 0 spiro atoms. The molecule has 3 heterocycles. The predicted molar refractivity (Wildman–Crippen MR) is 113 cm³/mol. The number of aryl methyl sites for hydroxylation is 2. The van der Waals surface area contributed by atoms with Crippen LogP contribution in [-0.4, -0.2) is 48.1 Å². The molecule has 0 atom stereocenters. The van der Waals surface area contributed by atoms with Crippen LogP contribution in [0.15, 0.2) is 30.3 Å². The molecule has 1 aliphatic heterocycles. The number of nitrogens with zero attached hydrogens (tertiary/aromatic N) is 4. The van der Waals surface area contributed by atoms with Crippen molar-refractivity contribution in [2.75, 3.05) is 38.1 Å². The summed E-state index contributed by atoms with van der Waals surface area (Å²) in [7, 11) is 2.21. The zero-order valence-electron chi connectivity index (χ0n) is 15.9. The highest BCUT2D eigenvalue weighted by atomic mass is 32.1. The summed E-state index contributed by atoms with van der Waals surface area (Å²) in [5, 5.41) is 1.36. The molecular weight excluding hydrogens is 352 g/mol. The van der Waals surface area contributed by atoms with Gasteiger partial charge in [0.2, 0.25) is 0 Å². The van der Waals surface area contributed by atoms with Crippen molar-refractivity contribution in [1.29, 1.82) is 0 Å². The number of thiophene rings is 1. The van der Waals surface area contributed by atoms with E-state index in [1.807, 2.05) is 11.3 Å². The first-order valence-corrected chi connectivity index (χ1v) is 10.9. The first kappa shape index (κ1) is 17.1. The summed E-state index contributed by atoms with van der Waals surface area (Å²) in [6.07, 6.45) is 5.82. The van der Waals surface area contributed by atoms with E-state index < -0.39 is 0 Å². The van der Waals surface area contributed by atoms with Crippen LogP contribution in [0.4, 0.5) is 5.82 Å². The van der Waals surface area contributed by atoms with Gasteiger partial charge in [-0.3, -0.25) is 0 Å². The number of fused-ring (bicyclic) bond motifs is 3. The summed E-state index contributed by atoms with van der Waals surface area (Å²) >= 11 is 1.91. The van der Waals surface area contributed by atoms with E-state index in [2.05, 4.69) is 47.2 Å². The first-order chi connectivity index (χ1) is 13.3. The highest BCUT2D eigenvalue weighted by molar-refractivity contribution is 7.19. The molecule has 140 valence electrons. The van der Waals surface area contributed by atoms with Crippen LogP contribution < -0.4 is 4.90 Å². The molecule has 5 rings (SSSR count). The summed E-state index contributed by atoms with van der Waals surface area (Å²) in [4.78, 5) is 17.8. The van der Waals surface area contributed by atoms with Gasteiger partial charge in [0.1, 0.15) is 16.5 Å². The van der Waals surface area contributed by atoms with E-state index >= 15 is 0 Å². The lowest BCUT2D eigenvalue weighted by atomic mass is 9.96. The molecular formula is C22H26N4S. The highest BCUT2D eigenvalue weighted by Crippen LogP contribution is 2.40. The van der Waals surface area contributed by atoms with Crippen molar-refractivity contribution < 1.29 is 0 Å². The third-order valence-corrected chi connectivity index (χ3v) is 7.04. The smallest absolute Gasteiger partial charge is 0.141 e. The van der Waals surface area contributed by atoms with Crippen molar-refractivity contribution in [2.24, 2.45) is 0 Å². The van der Waals surface area contributed by atoms with Crippen LogP contribution in [0.5, 0.6) is 0 Å². The molecule has 1 aliphatic carbocycles. The minimum Gasteiger partial charge on any atom is -0.353 e. The third kappa shape index (κ3) is 3.34. The van der Waals surface area contributed by atoms with E-state index in [1.165, 1.54) is 47.3 Å². The molecule has 4 nitrogen and oxygen atoms in total. The van der Waals surface area contributed by atoms with Gasteiger partial charge in [0.15, 0.2) is 0 Å². The number of rotatable bonds is 3. The van der Waals surface area contributed by atoms with Crippen molar-refractivity contribution in [1.82, 2.24) is 14.9 Å². The number of hydrogen-bond donors (Lipinski definition) is 0. The van der Waals surface area contributed by atoms with Crippen LogP contribution in [-0.2, 0) is 19.3 Å². The van der Waals surface area contributed by atoms with Gasteiger partial charge in [-0.05, 0) is 43.9 Å². The zero-order chi connectivity index (χ0) is 18.2. The molecule has 0 saturated carbocycles. The molecule has 1 fully saturated rings. The van der Waals surface area contributed by atoms with Crippen LogP contribution in [0, 0.1) is 0 Å². The number of piperazine rings is 1. The molecule has 2 aromatic heterocycles. The van der Waals surface area contributed by atoms with Gasteiger partial charge in [-0.15, -0.1) is 11.3 Å². The van der Waals surface area contributed by atoms with E-state index in [0.29, 0.717) is 0 Å². The third-order valence-electron chi connectivity index (χ3n) is 5.85. The van der Waals surface area contributed by atoms with Crippen LogP contribution >= 0.6 is 11.3 Å². The maximum Gasteiger partial charge on any atom is 0.141 e. The summed E-state index contributed by atoms with van der Waals surface area (Å²) in [5.41, 5.74) is 2.82. The van der Waals surface area contributed by atoms with Crippen molar-refractivity contribution in [2.45, 2.75) is 32.1 Å². The fourth-order valence-electron chi connectivity index (χ4n) is 4.29. The van der Waals surface area contributed by atoms with Gasteiger partial charge >= 0.3 is 0 Å². The highest BCUT2D eigenvalue weighted by Gasteiger charge is 2.25. The van der Waals surface area contributed by atoms with Crippen molar-refractivity contribution in [3.63, 3.8) is 0 Å². The Morgan fingerprint density at radius 2 is 1.74 bits per heavy atom. The summed E-state index contributed by atoms with van der Waals surface area (Å²) in [6.45, 7) is 4.31. The Morgan fingerprint density at radius 3 is 2.56 bits per heavy atom. The van der Waals surface area contributed by atoms with E-state index in [9.17, 15) is 0 Å². The summed E-state index contributed by atoms with van der Waals surface area (Å²) in [5.74, 6) is 2.15. The molecule has 0 unspecified atom stereocenters. The topological polar surface area (TPSA) is 32.3 Å². The molecule has 0 N–H and O–H groups in total. The molecule has 3 aromatic rings. The maximum absolute atomic E-state index is 5.13. The Labute approximate surface area is 164 Å². The second-order valence-electron chi connectivity index (χ2n) is 7.81. The Hall–Kier alpha value is -1.98. The van der Waals surface area contributed by atoms with Crippen molar-refractivity contribution in [3.8, 4) is 0 Å². The van der Waals surface area contributed by atoms with E-state index in [0.717, 1.165) is 38.4 Å². The molecule has 2 aliphatic rings. The lowest BCUT2D eigenvalue weighted by Crippen LogP contribution is -2.45. The van der Waals surface area contributed by atoms with Gasteiger partial charge in [0, 0.05) is 37.5 Å². The van der Waals surface area contributed by atoms with E-state index in [-0.39, 0.29) is 0 Å². The Balaban J connectivity index is 1.61. The van der Waals surface area contributed by atoms with E-state index in [1.54, 1.807) is 10.4 Å². The van der Waals surface area contributed by atoms with Gasteiger partial charge in [-0.2, -0.15) is 0 Å². The monoisotopic (exact) mass is 378 g/mol. The molecule has 0 radical (unpaired) electrons. The Bertz CT molecular complexity index is 942. The Kier molecular flexibility index (Phi) is 4.58. The lowest BCUT2D eigenvalue weighted by Gasteiger charge is -2.34. The predicted octanol–water partition coefficient (Wildman–Crippen LogP) is 3.91. The zero-order valence-corrected chi connectivity index (χ0v) is 16.8. The second kappa shape index (κ2) is 7.21. The fraction of sp³-hybridized carbons (Fsp3) is 0.455. The largest absolute Gasteiger partial charge is 0.353 e. The van der Waals surface area contributed by atoms with Gasteiger partial charge in [-0.1, -0.05) is 30.3 Å². The lowest BCUT2D eigenvalue weighted by molar-refractivity contribution is 0.312. The number of hydrogen-bond acceptors (Lipinski definition) is 5. The molecule has 0 amide bonds. The summed E-state index contributed by atoms with van der Waals surface area (Å²) in [6, 6.07) is 10.6. The average Bonchev–Trinajstić information content (AvgIpc) is 3.07. The van der Waals surface area contributed by atoms with Crippen molar-refractivity contribution >= 4 is 27.4 Å². The minimum absolute atomic E-state index is 0.806. The number of anilines is 1. The molecule has 1 saturated heterocycles. The van der Waals surface area contributed by atoms with Crippen LogP contribution in [0.2, 0.25) is 0 Å². The van der Waals surface area contributed by atoms with Crippen LogP contribution in [0.1, 0.15) is 34.7 Å². The fourth-order valence-corrected chi connectivity index (χ4v) is 5.56. The Morgan fingerprint density at radius 1 is 0.963 bits per heavy atom. The number of likely N-dealkylation sites (N-methyl/N-ethyl adjacent to an activating group) is 1. The molecule has 0 bridgehead atoms. The number of benzene rings is 1. The standard InChI is InChI=1S/C22H26N4S/c1-25-11-13-26(14-12-25)21-20-17-9-5-6-10-18(17)27-22(20)24-19(23-21)15-16-7-3-2-4-8-16/h2-4,7-8H,5-6,9-15H2,1H3. The minimum atomic E-state index is 0.806. The van der Waals surface area contributed by atoms with Crippen molar-refractivity contribution in [3.05, 3.63) is 52.2 Å². The van der Waals surface area contributed by atoms with Crippen LogP contribution in [0.3, 0.4) is 0 Å². The van der Waals surface area contributed by atoms with Gasteiger partial charge in [0.25, 0.3) is 0 Å². The van der Waals surface area contributed by atoms with Gasteiger partial charge in [-0.25, -0.2) is 9.97 Å². The second-order valence-corrected chi connectivity index (χ2v) is 8.89. The first-order valence-electron chi connectivity index (χ1n) is 10.1.